The summed E-state index contributed by atoms with van der Waals surface area (Å²) in [5.74, 6) is -2.72. The van der Waals surface area contributed by atoms with E-state index in [0.717, 1.165) is 0 Å². The predicted octanol–water partition coefficient (Wildman–Crippen LogP) is -0.593. The molecule has 3 amide bonds. The van der Waals surface area contributed by atoms with Crippen LogP contribution in [-0.4, -0.2) is 82.0 Å². The standard InChI is InChI=1S/C26H41N7O6/c1-15(2)13-20(25(38)39)32-22(35)19(14-16-7-9-17(34)10-8-16)31-23(36)21-6-4-12-33(21)24(37)18(27)5-3-11-30-26(28)29/h7-10,15,18-21,34H,3-6,11-14,27H2,1-2H3,(H,31,36)(H,32,35)(H,38,39)(H4,28,29,30). The number of amides is 3. The lowest BCUT2D eigenvalue weighted by atomic mass is 10.0. The van der Waals surface area contributed by atoms with Crippen LogP contribution in [0.4, 0.5) is 0 Å². The van der Waals surface area contributed by atoms with Gasteiger partial charge in [0.15, 0.2) is 5.96 Å². The molecular formula is C26H41N7O6. The highest BCUT2D eigenvalue weighted by molar-refractivity contribution is 5.94. The summed E-state index contributed by atoms with van der Waals surface area (Å²) >= 11 is 0. The summed E-state index contributed by atoms with van der Waals surface area (Å²) in [6.07, 6.45) is 2.08. The average molecular weight is 548 g/mol. The summed E-state index contributed by atoms with van der Waals surface area (Å²) in [6.45, 7) is 4.36. The molecule has 4 atom stereocenters. The van der Waals surface area contributed by atoms with Crippen LogP contribution in [0.15, 0.2) is 29.3 Å². The molecule has 0 saturated carbocycles. The molecule has 0 spiro atoms. The lowest BCUT2D eigenvalue weighted by Crippen LogP contribution is -2.57. The Balaban J connectivity index is 2.15. The van der Waals surface area contributed by atoms with E-state index in [-0.39, 0.29) is 36.4 Å². The first kappa shape index (κ1) is 31.3. The molecule has 1 aromatic rings. The Morgan fingerprint density at radius 1 is 1.10 bits per heavy atom. The Hall–Kier alpha value is -3.87. The summed E-state index contributed by atoms with van der Waals surface area (Å²) in [5, 5.41) is 24.4. The number of guanidine groups is 1. The number of phenolic OH excluding ortho intramolecular Hbond substituents is 1. The summed E-state index contributed by atoms with van der Waals surface area (Å²) in [4.78, 5) is 56.6. The van der Waals surface area contributed by atoms with Crippen LogP contribution in [-0.2, 0) is 25.6 Å². The Labute approximate surface area is 228 Å². The Kier molecular flexibility index (Phi) is 12.0. The highest BCUT2D eigenvalue weighted by Gasteiger charge is 2.38. The summed E-state index contributed by atoms with van der Waals surface area (Å²) < 4.78 is 0. The maximum absolute atomic E-state index is 13.3. The van der Waals surface area contributed by atoms with Gasteiger partial charge in [-0.05, 0) is 55.7 Å². The van der Waals surface area contributed by atoms with Crippen molar-refractivity contribution in [3.05, 3.63) is 29.8 Å². The van der Waals surface area contributed by atoms with E-state index in [1.54, 1.807) is 12.1 Å². The summed E-state index contributed by atoms with van der Waals surface area (Å²) in [5.41, 5.74) is 17.3. The van der Waals surface area contributed by atoms with Crippen molar-refractivity contribution in [2.45, 2.75) is 76.5 Å². The Morgan fingerprint density at radius 2 is 1.77 bits per heavy atom. The lowest BCUT2D eigenvalue weighted by molar-refractivity contribution is -0.143. The fourth-order valence-corrected chi connectivity index (χ4v) is 4.47. The van der Waals surface area contributed by atoms with Gasteiger partial charge in [0.05, 0.1) is 6.04 Å². The number of likely N-dealkylation sites (tertiary alicyclic amines) is 1. The third-order valence-corrected chi connectivity index (χ3v) is 6.45. The highest BCUT2D eigenvalue weighted by atomic mass is 16.4. The van der Waals surface area contributed by atoms with Gasteiger partial charge in [0.2, 0.25) is 17.7 Å². The molecule has 2 rings (SSSR count). The fraction of sp³-hybridized carbons (Fsp3) is 0.577. The number of benzene rings is 1. The molecule has 39 heavy (non-hydrogen) atoms. The van der Waals surface area contributed by atoms with Gasteiger partial charge in [0.25, 0.3) is 0 Å². The molecule has 216 valence electrons. The molecule has 0 bridgehead atoms. The maximum atomic E-state index is 13.3. The molecule has 1 saturated heterocycles. The number of aliphatic imine (C=N–C) groups is 1. The molecule has 0 aliphatic carbocycles. The monoisotopic (exact) mass is 547 g/mol. The number of carbonyl (C=O) groups excluding carboxylic acids is 3. The minimum absolute atomic E-state index is 0.0123. The fourth-order valence-electron chi connectivity index (χ4n) is 4.47. The van der Waals surface area contributed by atoms with E-state index in [2.05, 4.69) is 15.6 Å². The van der Waals surface area contributed by atoms with Crippen LogP contribution < -0.4 is 27.8 Å². The number of aromatic hydroxyl groups is 1. The first-order valence-corrected chi connectivity index (χ1v) is 13.1. The van der Waals surface area contributed by atoms with Crippen molar-refractivity contribution in [2.24, 2.45) is 28.1 Å². The number of carboxylic acid groups (broad SMARTS) is 1. The zero-order valence-corrected chi connectivity index (χ0v) is 22.5. The number of nitrogens with zero attached hydrogens (tertiary/aromatic N) is 2. The highest BCUT2D eigenvalue weighted by Crippen LogP contribution is 2.20. The first-order chi connectivity index (χ1) is 18.4. The Morgan fingerprint density at radius 3 is 2.36 bits per heavy atom. The second kappa shape index (κ2) is 14.9. The van der Waals surface area contributed by atoms with Crippen molar-refractivity contribution in [3.8, 4) is 5.75 Å². The Bertz CT molecular complexity index is 1030. The van der Waals surface area contributed by atoms with Gasteiger partial charge in [0.1, 0.15) is 23.9 Å². The average Bonchev–Trinajstić information content (AvgIpc) is 3.36. The third kappa shape index (κ3) is 10.1. The van der Waals surface area contributed by atoms with Crippen molar-refractivity contribution >= 4 is 29.7 Å². The van der Waals surface area contributed by atoms with Crippen molar-refractivity contribution in [1.29, 1.82) is 0 Å². The molecule has 13 nitrogen and oxygen atoms in total. The van der Waals surface area contributed by atoms with Gasteiger partial charge < -0.3 is 42.9 Å². The number of hydrogen-bond acceptors (Lipinski definition) is 7. The van der Waals surface area contributed by atoms with E-state index >= 15 is 0 Å². The number of hydrogen-bond donors (Lipinski definition) is 7. The molecule has 13 heteroatoms. The molecule has 1 fully saturated rings. The molecule has 1 aliphatic heterocycles. The van der Waals surface area contributed by atoms with Crippen LogP contribution in [0.25, 0.3) is 0 Å². The zero-order chi connectivity index (χ0) is 29.1. The number of carbonyl (C=O) groups is 4. The van der Waals surface area contributed by atoms with Gasteiger partial charge >= 0.3 is 5.97 Å². The molecule has 1 aliphatic rings. The van der Waals surface area contributed by atoms with Gasteiger partial charge in [-0.2, -0.15) is 0 Å². The summed E-state index contributed by atoms with van der Waals surface area (Å²) in [7, 11) is 0. The number of carboxylic acids is 1. The normalized spacial score (nSPS) is 17.2. The van der Waals surface area contributed by atoms with Gasteiger partial charge in [-0.25, -0.2) is 4.79 Å². The molecule has 0 aromatic heterocycles. The molecule has 4 unspecified atom stereocenters. The van der Waals surface area contributed by atoms with E-state index < -0.39 is 42.0 Å². The number of nitrogens with one attached hydrogen (secondary N) is 2. The lowest BCUT2D eigenvalue weighted by Gasteiger charge is -2.29. The molecule has 10 N–H and O–H groups in total. The minimum atomic E-state index is -1.17. The van der Waals surface area contributed by atoms with Gasteiger partial charge in [-0.3, -0.25) is 19.4 Å². The van der Waals surface area contributed by atoms with E-state index in [1.165, 1.54) is 17.0 Å². The van der Waals surface area contributed by atoms with Crippen molar-refractivity contribution in [2.75, 3.05) is 13.1 Å². The SMILES string of the molecule is CC(C)CC(NC(=O)C(Cc1ccc(O)cc1)NC(=O)C1CCCN1C(=O)C(N)CCCN=C(N)N)C(=O)O. The minimum Gasteiger partial charge on any atom is -0.508 e. The first-order valence-electron chi connectivity index (χ1n) is 13.1. The van der Waals surface area contributed by atoms with Crippen LogP contribution in [0, 0.1) is 5.92 Å². The van der Waals surface area contributed by atoms with E-state index in [1.807, 2.05) is 13.8 Å². The van der Waals surface area contributed by atoms with Crippen LogP contribution in [0.3, 0.4) is 0 Å². The van der Waals surface area contributed by atoms with Crippen LogP contribution in [0.1, 0.15) is 51.5 Å². The maximum Gasteiger partial charge on any atom is 0.326 e. The molecule has 1 heterocycles. The number of aliphatic carboxylic acids is 1. The predicted molar refractivity (Wildman–Crippen MR) is 145 cm³/mol. The largest absolute Gasteiger partial charge is 0.508 e. The number of phenols is 1. The van der Waals surface area contributed by atoms with E-state index in [9.17, 15) is 29.4 Å². The van der Waals surface area contributed by atoms with Crippen LogP contribution in [0.2, 0.25) is 0 Å². The molecule has 0 radical (unpaired) electrons. The second-order valence-electron chi connectivity index (χ2n) is 10.2. The quantitative estimate of drug-likeness (QED) is 0.0895. The molecular weight excluding hydrogens is 506 g/mol. The smallest absolute Gasteiger partial charge is 0.326 e. The van der Waals surface area contributed by atoms with E-state index in [0.29, 0.717) is 44.3 Å². The van der Waals surface area contributed by atoms with Gasteiger partial charge in [0, 0.05) is 19.5 Å². The molecule has 1 aromatic carbocycles. The summed E-state index contributed by atoms with van der Waals surface area (Å²) in [6, 6.07) is 2.24. The number of nitrogens with two attached hydrogens (primary N) is 3. The van der Waals surface area contributed by atoms with Crippen molar-refractivity contribution < 1.29 is 29.4 Å². The zero-order valence-electron chi connectivity index (χ0n) is 22.5. The van der Waals surface area contributed by atoms with Crippen molar-refractivity contribution in [3.63, 3.8) is 0 Å². The van der Waals surface area contributed by atoms with Crippen LogP contribution >= 0.6 is 0 Å². The van der Waals surface area contributed by atoms with Crippen molar-refractivity contribution in [1.82, 2.24) is 15.5 Å². The van der Waals surface area contributed by atoms with Gasteiger partial charge in [-0.1, -0.05) is 26.0 Å². The topological polar surface area (TPSA) is 226 Å². The third-order valence-electron chi connectivity index (χ3n) is 6.45. The number of rotatable bonds is 14. The van der Waals surface area contributed by atoms with Crippen LogP contribution in [0.5, 0.6) is 5.75 Å². The van der Waals surface area contributed by atoms with E-state index in [4.69, 9.17) is 17.2 Å². The second-order valence-corrected chi connectivity index (χ2v) is 10.2. The van der Waals surface area contributed by atoms with Gasteiger partial charge in [-0.15, -0.1) is 0 Å².